The molecular weight excluding hydrogens is 405 g/mol. The summed E-state index contributed by atoms with van der Waals surface area (Å²) in [6.07, 6.45) is 7.68. The summed E-state index contributed by atoms with van der Waals surface area (Å²) < 4.78 is 16.3. The van der Waals surface area contributed by atoms with Gasteiger partial charge in [0.25, 0.3) is 0 Å². The Bertz CT molecular complexity index is 1070. The monoisotopic (exact) mass is 427 g/mol. The van der Waals surface area contributed by atoms with E-state index in [1.54, 1.807) is 34.1 Å². The molecule has 5 rings (SSSR count). The molecule has 2 aromatic heterocycles. The highest BCUT2D eigenvalue weighted by Crippen LogP contribution is 2.39. The number of halogens is 2. The van der Waals surface area contributed by atoms with Crippen LogP contribution in [0.4, 0.5) is 4.39 Å². The smallest absolute Gasteiger partial charge is 0.242 e. The quantitative estimate of drug-likeness (QED) is 0.694. The molecule has 1 aromatic carbocycles. The number of nitrogens with one attached hydrogen (secondary N) is 1. The van der Waals surface area contributed by atoms with E-state index in [0.717, 1.165) is 42.8 Å². The number of carbonyl (C=O) groups excluding carboxylic acids is 1. The van der Waals surface area contributed by atoms with Crippen molar-refractivity contribution in [2.45, 2.75) is 30.8 Å². The largest absolute Gasteiger partial charge is 0.344 e. The summed E-state index contributed by atoms with van der Waals surface area (Å²) in [5.74, 6) is -0.129. The SMILES string of the molecule is CN1CC[C@@]2(CC[C@H](c3cc(-c4cc(-n5cccn5)ccc4F)ccn3)N2)C1=O.Cl. The van der Waals surface area contributed by atoms with Gasteiger partial charge < -0.3 is 4.90 Å². The van der Waals surface area contributed by atoms with Crippen LogP contribution in [0.25, 0.3) is 16.8 Å². The van der Waals surface area contributed by atoms with Crippen LogP contribution in [0.5, 0.6) is 0 Å². The van der Waals surface area contributed by atoms with Crippen molar-refractivity contribution in [3.8, 4) is 16.8 Å². The molecule has 4 heterocycles. The van der Waals surface area contributed by atoms with Gasteiger partial charge in [-0.3, -0.25) is 15.1 Å². The van der Waals surface area contributed by atoms with E-state index in [1.165, 1.54) is 6.07 Å². The van der Waals surface area contributed by atoms with Crippen molar-refractivity contribution in [3.63, 3.8) is 0 Å². The van der Waals surface area contributed by atoms with Gasteiger partial charge in [0.2, 0.25) is 5.91 Å². The Morgan fingerprint density at radius 2 is 2.07 bits per heavy atom. The molecule has 0 bridgehead atoms. The first kappa shape index (κ1) is 20.5. The number of carbonyl (C=O) groups is 1. The van der Waals surface area contributed by atoms with Gasteiger partial charge in [0.05, 0.1) is 17.4 Å². The molecule has 0 radical (unpaired) electrons. The Kier molecular flexibility index (Phi) is 5.34. The number of likely N-dealkylation sites (tertiary alicyclic amines) is 1. The first-order valence-corrected chi connectivity index (χ1v) is 9.85. The van der Waals surface area contributed by atoms with Crippen molar-refractivity contribution in [2.75, 3.05) is 13.6 Å². The fourth-order valence-corrected chi connectivity index (χ4v) is 4.49. The highest BCUT2D eigenvalue weighted by atomic mass is 35.5. The van der Waals surface area contributed by atoms with Gasteiger partial charge in [-0.25, -0.2) is 9.07 Å². The fourth-order valence-electron chi connectivity index (χ4n) is 4.49. The van der Waals surface area contributed by atoms with Gasteiger partial charge in [0, 0.05) is 37.7 Å². The van der Waals surface area contributed by atoms with Crippen LogP contribution in [-0.2, 0) is 4.79 Å². The van der Waals surface area contributed by atoms with Crippen LogP contribution >= 0.6 is 12.4 Å². The second kappa shape index (κ2) is 7.81. The second-order valence-corrected chi connectivity index (χ2v) is 7.88. The van der Waals surface area contributed by atoms with E-state index >= 15 is 0 Å². The summed E-state index contributed by atoms with van der Waals surface area (Å²) in [4.78, 5) is 18.9. The van der Waals surface area contributed by atoms with Crippen LogP contribution in [0, 0.1) is 5.82 Å². The molecule has 0 saturated carbocycles. The van der Waals surface area contributed by atoms with Crippen LogP contribution in [0.2, 0.25) is 0 Å². The zero-order valence-corrected chi connectivity index (χ0v) is 17.4. The van der Waals surface area contributed by atoms with Gasteiger partial charge in [-0.2, -0.15) is 5.10 Å². The maximum atomic E-state index is 14.6. The third kappa shape index (κ3) is 3.38. The molecule has 1 amide bonds. The molecule has 3 aromatic rings. The van der Waals surface area contributed by atoms with Crippen LogP contribution in [0.15, 0.2) is 55.0 Å². The van der Waals surface area contributed by atoms with E-state index in [0.29, 0.717) is 5.56 Å². The van der Waals surface area contributed by atoms with Crippen LogP contribution in [0.3, 0.4) is 0 Å². The first-order valence-electron chi connectivity index (χ1n) is 9.85. The summed E-state index contributed by atoms with van der Waals surface area (Å²) in [5, 5.41) is 7.75. The van der Waals surface area contributed by atoms with Crippen molar-refractivity contribution in [1.29, 1.82) is 0 Å². The van der Waals surface area contributed by atoms with E-state index in [-0.39, 0.29) is 30.2 Å². The number of nitrogens with zero attached hydrogens (tertiary/aromatic N) is 4. The van der Waals surface area contributed by atoms with Crippen molar-refractivity contribution in [3.05, 3.63) is 66.5 Å². The number of likely N-dealkylation sites (N-methyl/N-ethyl adjacent to an activating group) is 1. The average molecular weight is 428 g/mol. The summed E-state index contributed by atoms with van der Waals surface area (Å²) in [6.45, 7) is 0.775. The minimum Gasteiger partial charge on any atom is -0.344 e. The summed E-state index contributed by atoms with van der Waals surface area (Å²) in [6, 6.07) is 10.5. The standard InChI is InChI=1S/C22H22FN5O.ClH/c1-27-12-8-22(21(27)29)7-5-19(26-22)20-13-15(6-10-24-20)17-14-16(3-4-18(17)23)28-11-2-9-25-28;/h2-4,6,9-11,13-14,19,26H,5,7-8,12H2,1H3;1H/t19-,22+;/m1./s1. The highest BCUT2D eigenvalue weighted by Gasteiger charge is 2.50. The summed E-state index contributed by atoms with van der Waals surface area (Å²) in [5.41, 5.74) is 2.43. The summed E-state index contributed by atoms with van der Waals surface area (Å²) in [7, 11) is 1.85. The van der Waals surface area contributed by atoms with Gasteiger partial charge in [0.15, 0.2) is 0 Å². The molecule has 2 fully saturated rings. The minimum atomic E-state index is -0.470. The molecule has 2 aliphatic rings. The zero-order chi connectivity index (χ0) is 20.0. The Labute approximate surface area is 180 Å². The molecule has 156 valence electrons. The number of hydrogen-bond acceptors (Lipinski definition) is 4. The van der Waals surface area contributed by atoms with E-state index in [9.17, 15) is 9.18 Å². The lowest BCUT2D eigenvalue weighted by molar-refractivity contribution is -0.131. The third-order valence-electron chi connectivity index (χ3n) is 6.11. The number of amides is 1. The van der Waals surface area contributed by atoms with Crippen molar-refractivity contribution in [1.82, 2.24) is 25.0 Å². The van der Waals surface area contributed by atoms with E-state index in [4.69, 9.17) is 0 Å². The van der Waals surface area contributed by atoms with Gasteiger partial charge in [-0.05, 0) is 61.2 Å². The molecule has 6 nitrogen and oxygen atoms in total. The van der Waals surface area contributed by atoms with E-state index in [2.05, 4.69) is 15.4 Å². The van der Waals surface area contributed by atoms with E-state index < -0.39 is 5.54 Å². The first-order chi connectivity index (χ1) is 14.1. The molecule has 2 aliphatic heterocycles. The lowest BCUT2D eigenvalue weighted by Gasteiger charge is -2.23. The molecular formula is C22H23ClFN5O. The second-order valence-electron chi connectivity index (χ2n) is 7.88. The predicted molar refractivity (Wildman–Crippen MR) is 114 cm³/mol. The molecule has 8 heteroatoms. The van der Waals surface area contributed by atoms with Crippen molar-refractivity contribution in [2.24, 2.45) is 0 Å². The molecule has 1 spiro atoms. The highest BCUT2D eigenvalue weighted by molar-refractivity contribution is 5.88. The fraction of sp³-hybridized carbons (Fsp3) is 0.318. The van der Waals surface area contributed by atoms with Crippen molar-refractivity contribution < 1.29 is 9.18 Å². The Morgan fingerprint density at radius 1 is 1.20 bits per heavy atom. The maximum Gasteiger partial charge on any atom is 0.242 e. The topological polar surface area (TPSA) is 63.1 Å². The lowest BCUT2D eigenvalue weighted by atomic mass is 9.96. The molecule has 2 atom stereocenters. The van der Waals surface area contributed by atoms with Gasteiger partial charge in [-0.1, -0.05) is 0 Å². The Morgan fingerprint density at radius 3 is 2.80 bits per heavy atom. The predicted octanol–water partition coefficient (Wildman–Crippen LogP) is 3.52. The van der Waals surface area contributed by atoms with Crippen LogP contribution < -0.4 is 5.32 Å². The van der Waals surface area contributed by atoms with Gasteiger partial charge in [0.1, 0.15) is 11.4 Å². The Balaban J connectivity index is 0.00000218. The molecule has 2 saturated heterocycles. The zero-order valence-electron chi connectivity index (χ0n) is 16.6. The average Bonchev–Trinajstić information content (AvgIpc) is 3.48. The lowest BCUT2D eigenvalue weighted by Crippen LogP contribution is -2.47. The normalized spacial score (nSPS) is 23.2. The maximum absolute atomic E-state index is 14.6. The van der Waals surface area contributed by atoms with E-state index in [1.807, 2.05) is 31.4 Å². The third-order valence-corrected chi connectivity index (χ3v) is 6.11. The minimum absolute atomic E-state index is 0. The van der Waals surface area contributed by atoms with Gasteiger partial charge >= 0.3 is 0 Å². The summed E-state index contributed by atoms with van der Waals surface area (Å²) >= 11 is 0. The number of benzene rings is 1. The molecule has 0 aliphatic carbocycles. The molecule has 30 heavy (non-hydrogen) atoms. The number of rotatable bonds is 3. The number of hydrogen-bond donors (Lipinski definition) is 1. The van der Waals surface area contributed by atoms with Crippen LogP contribution in [0.1, 0.15) is 31.0 Å². The van der Waals surface area contributed by atoms with Crippen molar-refractivity contribution >= 4 is 18.3 Å². The number of aromatic nitrogens is 3. The molecule has 0 unspecified atom stereocenters. The number of pyridine rings is 1. The van der Waals surface area contributed by atoms with Gasteiger partial charge in [-0.15, -0.1) is 12.4 Å². The van der Waals surface area contributed by atoms with Crippen LogP contribution in [-0.4, -0.2) is 44.7 Å². The molecule has 1 N–H and O–H groups in total. The Hall–Kier alpha value is -2.77.